The molecule has 0 aliphatic carbocycles. The van der Waals surface area contributed by atoms with Crippen LogP contribution in [0.4, 0.5) is 4.79 Å². The van der Waals surface area contributed by atoms with E-state index in [4.69, 9.17) is 4.74 Å². The Hall–Kier alpha value is -2.61. The number of amides is 2. The van der Waals surface area contributed by atoms with Gasteiger partial charge in [-0.05, 0) is 36.6 Å². The number of sulfone groups is 1. The van der Waals surface area contributed by atoms with Gasteiger partial charge in [-0.3, -0.25) is 4.98 Å². The standard InChI is InChI=1S/C18H21N3O4S/c1-12-5-3-6-13-9-14(11-25-17(12)13)21-18(22)20-10-15-16(26(2,23)24)7-4-8-19-15/h3-8,14H,9-11H2,1-2H3,(H2,20,21,22). The Balaban J connectivity index is 1.59. The quantitative estimate of drug-likeness (QED) is 0.846. The summed E-state index contributed by atoms with van der Waals surface area (Å²) in [5, 5.41) is 5.52. The van der Waals surface area contributed by atoms with E-state index in [-0.39, 0.29) is 23.5 Å². The fraction of sp³-hybridized carbons (Fsp3) is 0.333. The van der Waals surface area contributed by atoms with Crippen LogP contribution in [0.2, 0.25) is 0 Å². The summed E-state index contributed by atoms with van der Waals surface area (Å²) in [6.07, 6.45) is 3.30. The number of nitrogens with one attached hydrogen (secondary N) is 2. The first-order chi connectivity index (χ1) is 12.3. The first-order valence-electron chi connectivity index (χ1n) is 8.24. The molecule has 0 saturated carbocycles. The maximum atomic E-state index is 12.2. The number of ether oxygens (including phenoxy) is 1. The van der Waals surface area contributed by atoms with E-state index in [0.29, 0.717) is 18.7 Å². The van der Waals surface area contributed by atoms with Crippen LogP contribution < -0.4 is 15.4 Å². The van der Waals surface area contributed by atoms with Gasteiger partial charge in [0.05, 0.1) is 23.2 Å². The molecule has 1 unspecified atom stereocenters. The highest BCUT2D eigenvalue weighted by Gasteiger charge is 2.22. The van der Waals surface area contributed by atoms with E-state index in [2.05, 4.69) is 15.6 Å². The van der Waals surface area contributed by atoms with E-state index in [9.17, 15) is 13.2 Å². The van der Waals surface area contributed by atoms with Crippen LogP contribution in [0.25, 0.3) is 0 Å². The minimum absolute atomic E-state index is 0.0261. The van der Waals surface area contributed by atoms with E-state index in [1.165, 1.54) is 12.3 Å². The molecule has 0 saturated heterocycles. The average Bonchev–Trinajstić information content (AvgIpc) is 2.59. The lowest BCUT2D eigenvalue weighted by molar-refractivity contribution is 0.213. The van der Waals surface area contributed by atoms with Crippen LogP contribution in [0.5, 0.6) is 5.75 Å². The third kappa shape index (κ3) is 4.13. The Labute approximate surface area is 152 Å². The molecule has 2 N–H and O–H groups in total. The molecule has 1 aromatic carbocycles. The van der Waals surface area contributed by atoms with Crippen LogP contribution in [0.1, 0.15) is 16.8 Å². The molecule has 0 spiro atoms. The molecule has 1 atom stereocenters. The van der Waals surface area contributed by atoms with Crippen molar-refractivity contribution in [3.63, 3.8) is 0 Å². The SMILES string of the molecule is Cc1cccc2c1OCC(NC(=O)NCc1ncccc1S(C)(=O)=O)C2. The highest BCUT2D eigenvalue weighted by atomic mass is 32.2. The number of rotatable bonds is 4. The predicted octanol–water partition coefficient (Wildman–Crippen LogP) is 1.60. The van der Waals surface area contributed by atoms with Crippen molar-refractivity contribution in [3.8, 4) is 5.75 Å². The van der Waals surface area contributed by atoms with E-state index in [0.717, 1.165) is 23.1 Å². The molecule has 0 fully saturated rings. The Morgan fingerprint density at radius 3 is 2.88 bits per heavy atom. The molecule has 8 heteroatoms. The molecule has 7 nitrogen and oxygen atoms in total. The van der Waals surface area contributed by atoms with Crippen molar-refractivity contribution < 1.29 is 17.9 Å². The Morgan fingerprint density at radius 2 is 2.12 bits per heavy atom. The van der Waals surface area contributed by atoms with Gasteiger partial charge in [-0.2, -0.15) is 0 Å². The Morgan fingerprint density at radius 1 is 1.31 bits per heavy atom. The largest absolute Gasteiger partial charge is 0.491 e. The van der Waals surface area contributed by atoms with Crippen molar-refractivity contribution in [3.05, 3.63) is 53.3 Å². The summed E-state index contributed by atoms with van der Waals surface area (Å²) in [7, 11) is -3.40. The number of nitrogens with zero attached hydrogens (tertiary/aromatic N) is 1. The Bertz CT molecular complexity index is 928. The van der Waals surface area contributed by atoms with Gasteiger partial charge >= 0.3 is 6.03 Å². The number of fused-ring (bicyclic) bond motifs is 1. The molecule has 3 rings (SSSR count). The molecule has 2 amide bonds. The summed E-state index contributed by atoms with van der Waals surface area (Å²) in [5.41, 5.74) is 2.45. The number of carbonyl (C=O) groups is 1. The summed E-state index contributed by atoms with van der Waals surface area (Å²) < 4.78 is 29.3. The van der Waals surface area contributed by atoms with Crippen LogP contribution in [0.15, 0.2) is 41.4 Å². The number of urea groups is 1. The molecule has 138 valence electrons. The molecule has 26 heavy (non-hydrogen) atoms. The molecule has 0 bridgehead atoms. The highest BCUT2D eigenvalue weighted by molar-refractivity contribution is 7.90. The molecule has 1 aliphatic rings. The first-order valence-corrected chi connectivity index (χ1v) is 10.1. The van der Waals surface area contributed by atoms with Gasteiger partial charge < -0.3 is 15.4 Å². The van der Waals surface area contributed by atoms with Gasteiger partial charge in [0.15, 0.2) is 9.84 Å². The van der Waals surface area contributed by atoms with E-state index in [1.54, 1.807) is 6.07 Å². The van der Waals surface area contributed by atoms with Crippen molar-refractivity contribution in [1.82, 2.24) is 15.6 Å². The van der Waals surface area contributed by atoms with Gasteiger partial charge in [-0.15, -0.1) is 0 Å². The third-order valence-electron chi connectivity index (χ3n) is 4.19. The molecule has 2 heterocycles. The zero-order valence-corrected chi connectivity index (χ0v) is 15.5. The summed E-state index contributed by atoms with van der Waals surface area (Å²) >= 11 is 0. The van der Waals surface area contributed by atoms with Gasteiger partial charge in [0, 0.05) is 12.5 Å². The van der Waals surface area contributed by atoms with Crippen molar-refractivity contribution in [1.29, 1.82) is 0 Å². The van der Waals surface area contributed by atoms with Crippen LogP contribution in [0.3, 0.4) is 0 Å². The Kier molecular flexibility index (Phi) is 5.13. The topological polar surface area (TPSA) is 97.4 Å². The average molecular weight is 375 g/mol. The molecule has 0 radical (unpaired) electrons. The van der Waals surface area contributed by atoms with Gasteiger partial charge in [-0.1, -0.05) is 18.2 Å². The fourth-order valence-electron chi connectivity index (χ4n) is 2.98. The molecule has 1 aliphatic heterocycles. The number of hydrogen-bond acceptors (Lipinski definition) is 5. The van der Waals surface area contributed by atoms with Crippen molar-refractivity contribution in [2.45, 2.75) is 30.8 Å². The number of aromatic nitrogens is 1. The van der Waals surface area contributed by atoms with E-state index in [1.807, 2.05) is 25.1 Å². The lowest BCUT2D eigenvalue weighted by Gasteiger charge is -2.27. The second-order valence-corrected chi connectivity index (χ2v) is 8.31. The van der Waals surface area contributed by atoms with Crippen LogP contribution in [-0.4, -0.2) is 38.3 Å². The van der Waals surface area contributed by atoms with Crippen LogP contribution >= 0.6 is 0 Å². The van der Waals surface area contributed by atoms with Gasteiger partial charge in [0.2, 0.25) is 0 Å². The van der Waals surface area contributed by atoms with E-state index >= 15 is 0 Å². The molecule has 1 aromatic heterocycles. The van der Waals surface area contributed by atoms with E-state index < -0.39 is 9.84 Å². The minimum atomic E-state index is -3.40. The van der Waals surface area contributed by atoms with Crippen molar-refractivity contribution >= 4 is 15.9 Å². The lowest BCUT2D eigenvalue weighted by Crippen LogP contribution is -2.47. The first kappa shape index (κ1) is 18.2. The maximum absolute atomic E-state index is 12.2. The number of hydrogen-bond donors (Lipinski definition) is 2. The molecular formula is C18H21N3O4S. The summed E-state index contributed by atoms with van der Waals surface area (Å²) in [5.74, 6) is 0.886. The number of para-hydroxylation sites is 1. The molecular weight excluding hydrogens is 354 g/mol. The zero-order chi connectivity index (χ0) is 18.7. The van der Waals surface area contributed by atoms with Gasteiger partial charge in [-0.25, -0.2) is 13.2 Å². The number of carbonyl (C=O) groups excluding carboxylic acids is 1. The highest BCUT2D eigenvalue weighted by Crippen LogP contribution is 2.28. The monoisotopic (exact) mass is 375 g/mol. The number of benzene rings is 1. The second kappa shape index (κ2) is 7.33. The zero-order valence-electron chi connectivity index (χ0n) is 14.7. The summed E-state index contributed by atoms with van der Waals surface area (Å²) in [6, 6.07) is 8.44. The smallest absolute Gasteiger partial charge is 0.315 e. The summed E-state index contributed by atoms with van der Waals surface area (Å²) in [4.78, 5) is 16.3. The lowest BCUT2D eigenvalue weighted by atomic mass is 10.0. The van der Waals surface area contributed by atoms with Crippen molar-refractivity contribution in [2.75, 3.05) is 12.9 Å². The maximum Gasteiger partial charge on any atom is 0.315 e. The normalized spacial score (nSPS) is 16.3. The summed E-state index contributed by atoms with van der Waals surface area (Å²) in [6.45, 7) is 2.41. The fourth-order valence-corrected chi connectivity index (χ4v) is 3.85. The number of pyridine rings is 1. The number of aryl methyl sites for hydroxylation is 1. The van der Waals surface area contributed by atoms with Gasteiger partial charge in [0.1, 0.15) is 12.4 Å². The van der Waals surface area contributed by atoms with Crippen LogP contribution in [-0.2, 0) is 22.8 Å². The van der Waals surface area contributed by atoms with Crippen molar-refractivity contribution in [2.24, 2.45) is 0 Å². The predicted molar refractivity (Wildman–Crippen MR) is 96.9 cm³/mol. The second-order valence-electron chi connectivity index (χ2n) is 6.32. The molecule has 2 aromatic rings. The third-order valence-corrected chi connectivity index (χ3v) is 5.36. The van der Waals surface area contributed by atoms with Crippen LogP contribution in [0, 0.1) is 6.92 Å². The van der Waals surface area contributed by atoms with Gasteiger partial charge in [0.25, 0.3) is 0 Å². The minimum Gasteiger partial charge on any atom is -0.491 e.